The Kier molecular flexibility index (Phi) is 4.55. The topological polar surface area (TPSA) is 84.0 Å². The Balaban J connectivity index is 2.94. The van der Waals surface area contributed by atoms with Crippen LogP contribution >= 0.6 is 0 Å². The molecule has 94 valence electrons. The lowest BCUT2D eigenvalue weighted by Crippen LogP contribution is -2.07. The van der Waals surface area contributed by atoms with Crippen molar-refractivity contribution in [2.75, 3.05) is 0 Å². The van der Waals surface area contributed by atoms with E-state index < -0.39 is 4.92 Å². The lowest BCUT2D eigenvalue weighted by Gasteiger charge is -2.05. The summed E-state index contributed by atoms with van der Waals surface area (Å²) >= 11 is 0. The Bertz CT molecular complexity index is 515. The molecule has 5 heteroatoms. The SMILES string of the molecule is CC(C)CC(=O)Cc1ccc([N+](=O)[O-])cc1C#N. The zero-order valence-corrected chi connectivity index (χ0v) is 10.3. The minimum absolute atomic E-state index is 0.0374. The highest BCUT2D eigenvalue weighted by Gasteiger charge is 2.13. The molecule has 0 bridgehead atoms. The molecule has 0 saturated heterocycles. The van der Waals surface area contributed by atoms with Crippen LogP contribution in [0.25, 0.3) is 0 Å². The molecular weight excluding hydrogens is 232 g/mol. The third kappa shape index (κ3) is 3.67. The van der Waals surface area contributed by atoms with Gasteiger partial charge in [-0.1, -0.05) is 19.9 Å². The van der Waals surface area contributed by atoms with E-state index in [-0.39, 0.29) is 29.4 Å². The van der Waals surface area contributed by atoms with Crippen molar-refractivity contribution in [3.63, 3.8) is 0 Å². The number of carbonyl (C=O) groups is 1. The summed E-state index contributed by atoms with van der Waals surface area (Å²) in [6.45, 7) is 3.89. The number of nitriles is 1. The van der Waals surface area contributed by atoms with Gasteiger partial charge in [-0.15, -0.1) is 0 Å². The second-order valence-electron chi connectivity index (χ2n) is 4.52. The summed E-state index contributed by atoms with van der Waals surface area (Å²) < 4.78 is 0. The van der Waals surface area contributed by atoms with Crippen LogP contribution in [-0.2, 0) is 11.2 Å². The van der Waals surface area contributed by atoms with Crippen LogP contribution in [-0.4, -0.2) is 10.7 Å². The average Bonchev–Trinajstić information content (AvgIpc) is 2.27. The van der Waals surface area contributed by atoms with Gasteiger partial charge in [0.15, 0.2) is 0 Å². The zero-order valence-electron chi connectivity index (χ0n) is 10.3. The van der Waals surface area contributed by atoms with Crippen molar-refractivity contribution in [3.05, 3.63) is 39.4 Å². The highest BCUT2D eigenvalue weighted by Crippen LogP contribution is 2.18. The third-order valence-electron chi connectivity index (χ3n) is 2.45. The zero-order chi connectivity index (χ0) is 13.7. The van der Waals surface area contributed by atoms with Crippen molar-refractivity contribution in [3.8, 4) is 6.07 Å². The third-order valence-corrected chi connectivity index (χ3v) is 2.45. The summed E-state index contributed by atoms with van der Waals surface area (Å²) in [5.74, 6) is 0.302. The Labute approximate surface area is 105 Å². The molecule has 0 aliphatic heterocycles. The average molecular weight is 246 g/mol. The van der Waals surface area contributed by atoms with Crippen molar-refractivity contribution in [2.45, 2.75) is 26.7 Å². The second-order valence-corrected chi connectivity index (χ2v) is 4.52. The van der Waals surface area contributed by atoms with Gasteiger partial charge in [0.05, 0.1) is 16.6 Å². The molecule has 0 heterocycles. The van der Waals surface area contributed by atoms with Gasteiger partial charge in [0.25, 0.3) is 5.69 Å². The quantitative estimate of drug-likeness (QED) is 0.590. The van der Waals surface area contributed by atoms with E-state index in [9.17, 15) is 14.9 Å². The first-order valence-electron chi connectivity index (χ1n) is 5.63. The number of carbonyl (C=O) groups excluding carboxylic acids is 1. The van der Waals surface area contributed by atoms with Crippen LogP contribution < -0.4 is 0 Å². The molecule has 18 heavy (non-hydrogen) atoms. The number of nitro groups is 1. The predicted molar refractivity (Wildman–Crippen MR) is 66.0 cm³/mol. The van der Waals surface area contributed by atoms with Crippen LogP contribution in [0.4, 0.5) is 5.69 Å². The van der Waals surface area contributed by atoms with Crippen molar-refractivity contribution >= 4 is 11.5 Å². The number of non-ortho nitro benzene ring substituents is 1. The van der Waals surface area contributed by atoms with Crippen molar-refractivity contribution < 1.29 is 9.72 Å². The normalized spacial score (nSPS) is 10.1. The first kappa shape index (κ1) is 13.8. The number of rotatable bonds is 5. The summed E-state index contributed by atoms with van der Waals surface area (Å²) in [7, 11) is 0. The number of hydrogen-bond donors (Lipinski definition) is 0. The van der Waals surface area contributed by atoms with Gasteiger partial charge in [0.1, 0.15) is 5.78 Å². The monoisotopic (exact) mass is 246 g/mol. The van der Waals surface area contributed by atoms with Crippen molar-refractivity contribution in [1.29, 1.82) is 5.26 Å². The summed E-state index contributed by atoms with van der Waals surface area (Å²) in [4.78, 5) is 21.7. The number of ketones is 1. The van der Waals surface area contributed by atoms with Crippen LogP contribution in [0, 0.1) is 27.4 Å². The van der Waals surface area contributed by atoms with E-state index in [1.807, 2.05) is 19.9 Å². The molecule has 1 rings (SSSR count). The minimum Gasteiger partial charge on any atom is -0.299 e. The maximum atomic E-state index is 11.7. The van der Waals surface area contributed by atoms with E-state index in [2.05, 4.69) is 0 Å². The Hall–Kier alpha value is -2.22. The van der Waals surface area contributed by atoms with Crippen molar-refractivity contribution in [2.24, 2.45) is 5.92 Å². The van der Waals surface area contributed by atoms with Gasteiger partial charge >= 0.3 is 0 Å². The molecule has 0 saturated carbocycles. The Morgan fingerprint density at radius 1 is 1.50 bits per heavy atom. The smallest absolute Gasteiger partial charge is 0.270 e. The molecule has 0 atom stereocenters. The van der Waals surface area contributed by atoms with Crippen LogP contribution in [0.3, 0.4) is 0 Å². The molecule has 1 aromatic rings. The maximum absolute atomic E-state index is 11.7. The Morgan fingerprint density at radius 2 is 2.17 bits per heavy atom. The number of nitro benzene ring substituents is 1. The van der Waals surface area contributed by atoms with E-state index in [0.29, 0.717) is 12.0 Å². The fourth-order valence-corrected chi connectivity index (χ4v) is 1.68. The van der Waals surface area contributed by atoms with E-state index >= 15 is 0 Å². The van der Waals surface area contributed by atoms with Crippen LogP contribution in [0.5, 0.6) is 0 Å². The molecular formula is C13H14N2O3. The molecule has 5 nitrogen and oxygen atoms in total. The maximum Gasteiger partial charge on any atom is 0.270 e. The first-order valence-corrected chi connectivity index (χ1v) is 5.63. The molecule has 0 N–H and O–H groups in total. The molecule has 0 radical (unpaired) electrons. The molecule has 0 aliphatic carbocycles. The van der Waals surface area contributed by atoms with Crippen molar-refractivity contribution in [1.82, 2.24) is 0 Å². The second kappa shape index (κ2) is 5.92. The highest BCUT2D eigenvalue weighted by molar-refractivity contribution is 5.81. The Morgan fingerprint density at radius 3 is 2.67 bits per heavy atom. The molecule has 0 aromatic heterocycles. The van der Waals surface area contributed by atoms with Crippen LogP contribution in [0.1, 0.15) is 31.4 Å². The van der Waals surface area contributed by atoms with E-state index in [4.69, 9.17) is 5.26 Å². The largest absolute Gasteiger partial charge is 0.299 e. The molecule has 1 aromatic carbocycles. The molecule has 0 amide bonds. The summed E-state index contributed by atoms with van der Waals surface area (Å²) in [6.07, 6.45) is 0.598. The van der Waals surface area contributed by atoms with E-state index in [1.54, 1.807) is 0 Å². The summed E-state index contributed by atoms with van der Waals surface area (Å²) in [6, 6.07) is 5.90. The van der Waals surface area contributed by atoms with Crippen LogP contribution in [0.2, 0.25) is 0 Å². The highest BCUT2D eigenvalue weighted by atomic mass is 16.6. The minimum atomic E-state index is -0.555. The lowest BCUT2D eigenvalue weighted by atomic mass is 9.98. The molecule has 0 fully saturated rings. The molecule has 0 spiro atoms. The number of Topliss-reactive ketones (excluding diaryl/α,β-unsaturated/α-hetero) is 1. The van der Waals surface area contributed by atoms with Gasteiger partial charge in [-0.2, -0.15) is 5.26 Å². The summed E-state index contributed by atoms with van der Waals surface area (Å²) in [5, 5.41) is 19.5. The van der Waals surface area contributed by atoms with Gasteiger partial charge in [-0.3, -0.25) is 14.9 Å². The van der Waals surface area contributed by atoms with Gasteiger partial charge < -0.3 is 0 Å². The van der Waals surface area contributed by atoms with Gasteiger partial charge in [0, 0.05) is 25.0 Å². The van der Waals surface area contributed by atoms with Gasteiger partial charge in [0.2, 0.25) is 0 Å². The lowest BCUT2D eigenvalue weighted by molar-refractivity contribution is -0.384. The summed E-state index contributed by atoms with van der Waals surface area (Å²) in [5.41, 5.74) is 0.613. The number of hydrogen-bond acceptors (Lipinski definition) is 4. The fraction of sp³-hybridized carbons (Fsp3) is 0.385. The molecule has 0 unspecified atom stereocenters. The van der Waals surface area contributed by atoms with E-state index in [1.165, 1.54) is 18.2 Å². The molecule has 0 aliphatic rings. The fourth-order valence-electron chi connectivity index (χ4n) is 1.68. The van der Waals surface area contributed by atoms with Gasteiger partial charge in [-0.25, -0.2) is 0 Å². The van der Waals surface area contributed by atoms with Crippen LogP contribution in [0.15, 0.2) is 18.2 Å². The first-order chi connectivity index (χ1) is 8.43. The number of nitrogens with zero attached hydrogens (tertiary/aromatic N) is 2. The number of benzene rings is 1. The predicted octanol–water partition coefficient (Wildman–Crippen LogP) is 2.62. The standard InChI is InChI=1S/C13H14N2O3/c1-9(2)5-13(16)7-10-3-4-12(15(17)18)6-11(10)8-14/h3-4,6,9H,5,7H2,1-2H3. The van der Waals surface area contributed by atoms with E-state index in [0.717, 1.165) is 0 Å². The van der Waals surface area contributed by atoms with Gasteiger partial charge in [-0.05, 0) is 11.5 Å².